The Balaban J connectivity index is 3.48. The van der Waals surface area contributed by atoms with Crippen LogP contribution >= 0.6 is 0 Å². The average Bonchev–Trinajstić information content (AvgIpc) is 2.45. The lowest BCUT2D eigenvalue weighted by molar-refractivity contribution is -0.136. The normalized spacial score (nSPS) is 12.0. The topological polar surface area (TPSA) is 83.5 Å². The minimum atomic E-state index is -3.11. The number of carboxylic acid groups (broad SMARTS) is 1. The summed E-state index contributed by atoms with van der Waals surface area (Å²) in [6, 6.07) is 0. The van der Waals surface area contributed by atoms with Crippen LogP contribution in [0.4, 0.5) is 0 Å². The molecule has 0 aliphatic rings. The van der Waals surface area contributed by atoms with Gasteiger partial charge in [-0.05, 0) is 25.7 Å². The lowest BCUT2D eigenvalue weighted by Crippen LogP contribution is -2.27. The molecule has 130 valence electrons. The number of carbonyl (C=O) groups is 1. The van der Waals surface area contributed by atoms with Crippen molar-refractivity contribution in [3.05, 3.63) is 12.2 Å². The largest absolute Gasteiger partial charge is 0.481 e. The second-order valence-electron chi connectivity index (χ2n) is 5.55. The quantitative estimate of drug-likeness (QED) is 0.355. The molecular formula is C16H31NO4S. The highest BCUT2D eigenvalue weighted by atomic mass is 32.2. The third-order valence-corrected chi connectivity index (χ3v) is 4.82. The van der Waals surface area contributed by atoms with E-state index in [0.717, 1.165) is 51.4 Å². The Morgan fingerprint density at radius 2 is 1.68 bits per heavy atom. The molecule has 0 aromatic rings. The molecule has 6 heteroatoms. The maximum Gasteiger partial charge on any atom is 0.307 e. The summed E-state index contributed by atoms with van der Waals surface area (Å²) in [4.78, 5) is 10.3. The highest BCUT2D eigenvalue weighted by Crippen LogP contribution is 2.06. The van der Waals surface area contributed by atoms with Gasteiger partial charge in [-0.1, -0.05) is 51.2 Å². The third-order valence-electron chi connectivity index (χ3n) is 3.35. The van der Waals surface area contributed by atoms with E-state index in [9.17, 15) is 13.2 Å². The number of nitrogens with one attached hydrogen (secondary N) is 1. The van der Waals surface area contributed by atoms with E-state index in [1.807, 2.05) is 6.08 Å². The van der Waals surface area contributed by atoms with Crippen molar-refractivity contribution in [2.24, 2.45) is 0 Å². The van der Waals surface area contributed by atoms with Crippen molar-refractivity contribution in [1.82, 2.24) is 4.72 Å². The van der Waals surface area contributed by atoms with Crippen molar-refractivity contribution < 1.29 is 18.3 Å². The fourth-order valence-electron chi connectivity index (χ4n) is 2.06. The van der Waals surface area contributed by atoms with E-state index in [4.69, 9.17) is 5.11 Å². The summed E-state index contributed by atoms with van der Waals surface area (Å²) in [5, 5.41) is 8.45. The second kappa shape index (κ2) is 13.8. The van der Waals surface area contributed by atoms with Crippen LogP contribution in [-0.4, -0.2) is 31.8 Å². The molecule has 22 heavy (non-hydrogen) atoms. The Labute approximate surface area is 135 Å². The number of hydrogen-bond acceptors (Lipinski definition) is 3. The summed E-state index contributed by atoms with van der Waals surface area (Å²) in [5.74, 6) is -0.612. The number of sulfonamides is 1. The molecule has 0 amide bonds. The zero-order valence-corrected chi connectivity index (χ0v) is 14.5. The van der Waals surface area contributed by atoms with E-state index in [1.165, 1.54) is 0 Å². The molecular weight excluding hydrogens is 302 g/mol. The number of allylic oxidation sites excluding steroid dienone is 1. The van der Waals surface area contributed by atoms with E-state index in [1.54, 1.807) is 6.08 Å². The summed E-state index contributed by atoms with van der Waals surface area (Å²) in [6.07, 6.45) is 12.3. The Morgan fingerprint density at radius 1 is 1.00 bits per heavy atom. The van der Waals surface area contributed by atoms with E-state index >= 15 is 0 Å². The molecule has 0 aliphatic carbocycles. The molecule has 5 nitrogen and oxygen atoms in total. The van der Waals surface area contributed by atoms with Gasteiger partial charge in [0, 0.05) is 6.54 Å². The van der Waals surface area contributed by atoms with Crippen molar-refractivity contribution in [1.29, 1.82) is 0 Å². The first-order valence-electron chi connectivity index (χ1n) is 8.32. The van der Waals surface area contributed by atoms with Gasteiger partial charge in [-0.2, -0.15) is 0 Å². The lowest BCUT2D eigenvalue weighted by Gasteiger charge is -2.06. The van der Waals surface area contributed by atoms with Crippen LogP contribution in [0.2, 0.25) is 0 Å². The van der Waals surface area contributed by atoms with Gasteiger partial charge in [0.15, 0.2) is 0 Å². The SMILES string of the molecule is CCCCCCNS(=O)(=O)CCCCCCC=CCC(=O)O. The summed E-state index contributed by atoms with van der Waals surface area (Å²) in [6.45, 7) is 2.68. The summed E-state index contributed by atoms with van der Waals surface area (Å²) in [7, 11) is -3.11. The molecule has 0 spiro atoms. The van der Waals surface area contributed by atoms with Crippen molar-refractivity contribution in [3.63, 3.8) is 0 Å². The summed E-state index contributed by atoms with van der Waals surface area (Å²) >= 11 is 0. The smallest absolute Gasteiger partial charge is 0.307 e. The molecule has 0 fully saturated rings. The van der Waals surface area contributed by atoms with E-state index < -0.39 is 16.0 Å². The van der Waals surface area contributed by atoms with Crippen LogP contribution in [0.3, 0.4) is 0 Å². The first-order chi connectivity index (χ1) is 10.5. The van der Waals surface area contributed by atoms with Crippen LogP contribution in [0.15, 0.2) is 12.2 Å². The van der Waals surface area contributed by atoms with Gasteiger partial charge in [0.2, 0.25) is 10.0 Å². The van der Waals surface area contributed by atoms with Gasteiger partial charge < -0.3 is 5.11 Å². The second-order valence-corrected chi connectivity index (χ2v) is 7.47. The van der Waals surface area contributed by atoms with Gasteiger partial charge in [-0.3, -0.25) is 4.79 Å². The van der Waals surface area contributed by atoms with Gasteiger partial charge in [-0.15, -0.1) is 0 Å². The molecule has 0 aromatic heterocycles. The minimum absolute atomic E-state index is 0.0716. The van der Waals surface area contributed by atoms with Gasteiger partial charge in [0.1, 0.15) is 0 Å². The lowest BCUT2D eigenvalue weighted by atomic mass is 10.1. The van der Waals surface area contributed by atoms with Crippen LogP contribution in [0, 0.1) is 0 Å². The highest BCUT2D eigenvalue weighted by molar-refractivity contribution is 7.89. The monoisotopic (exact) mass is 333 g/mol. The Bertz CT molecular complexity index is 404. The van der Waals surface area contributed by atoms with Crippen molar-refractivity contribution in [2.45, 2.75) is 71.1 Å². The molecule has 0 saturated carbocycles. The van der Waals surface area contributed by atoms with Gasteiger partial charge in [0.25, 0.3) is 0 Å². The zero-order valence-electron chi connectivity index (χ0n) is 13.7. The minimum Gasteiger partial charge on any atom is -0.481 e. The number of hydrogen-bond donors (Lipinski definition) is 2. The summed E-state index contributed by atoms with van der Waals surface area (Å²) in [5.41, 5.74) is 0. The maximum absolute atomic E-state index is 11.7. The number of carboxylic acids is 1. The molecule has 0 bridgehead atoms. The van der Waals surface area contributed by atoms with Crippen LogP contribution in [0.5, 0.6) is 0 Å². The molecule has 0 unspecified atom stereocenters. The van der Waals surface area contributed by atoms with Crippen molar-refractivity contribution >= 4 is 16.0 Å². The molecule has 0 aliphatic heterocycles. The predicted molar refractivity (Wildman–Crippen MR) is 90.4 cm³/mol. The Kier molecular flexibility index (Phi) is 13.2. The van der Waals surface area contributed by atoms with Gasteiger partial charge in [0.05, 0.1) is 12.2 Å². The highest BCUT2D eigenvalue weighted by Gasteiger charge is 2.08. The summed E-state index contributed by atoms with van der Waals surface area (Å²) < 4.78 is 26.1. The molecule has 2 N–H and O–H groups in total. The van der Waals surface area contributed by atoms with Gasteiger partial charge >= 0.3 is 5.97 Å². The fourth-order valence-corrected chi connectivity index (χ4v) is 3.25. The first-order valence-corrected chi connectivity index (χ1v) is 9.97. The molecule has 0 saturated heterocycles. The molecule has 0 aromatic carbocycles. The fraction of sp³-hybridized carbons (Fsp3) is 0.812. The van der Waals surface area contributed by atoms with E-state index in [-0.39, 0.29) is 12.2 Å². The number of rotatable bonds is 15. The van der Waals surface area contributed by atoms with Crippen LogP contribution < -0.4 is 4.72 Å². The molecule has 0 atom stereocenters. The van der Waals surface area contributed by atoms with Gasteiger partial charge in [-0.25, -0.2) is 13.1 Å². The van der Waals surface area contributed by atoms with Crippen molar-refractivity contribution in [2.75, 3.05) is 12.3 Å². The Morgan fingerprint density at radius 3 is 2.36 bits per heavy atom. The molecule has 0 heterocycles. The number of aliphatic carboxylic acids is 1. The molecule has 0 radical (unpaired) electrons. The van der Waals surface area contributed by atoms with Crippen LogP contribution in [0.25, 0.3) is 0 Å². The van der Waals surface area contributed by atoms with E-state index in [2.05, 4.69) is 11.6 Å². The zero-order chi connectivity index (χ0) is 16.7. The van der Waals surface area contributed by atoms with Crippen LogP contribution in [-0.2, 0) is 14.8 Å². The van der Waals surface area contributed by atoms with E-state index in [0.29, 0.717) is 13.0 Å². The van der Waals surface area contributed by atoms with Crippen molar-refractivity contribution in [3.8, 4) is 0 Å². The third kappa shape index (κ3) is 15.5. The first kappa shape index (κ1) is 21.1. The predicted octanol–water partition coefficient (Wildman–Crippen LogP) is 3.47. The maximum atomic E-state index is 11.7. The average molecular weight is 333 g/mol. The van der Waals surface area contributed by atoms with Crippen LogP contribution in [0.1, 0.15) is 71.1 Å². The number of unbranched alkanes of at least 4 members (excludes halogenated alkanes) is 7. The standard InChI is InChI=1S/C16H31NO4S/c1-2-3-4-11-14-17-22(20,21)15-12-9-7-5-6-8-10-13-16(18)19/h8,10,17H,2-7,9,11-15H2,1H3,(H,18,19). The Hall–Kier alpha value is -0.880. The molecule has 0 rings (SSSR count).